The van der Waals surface area contributed by atoms with E-state index in [1.165, 1.54) is 0 Å². The van der Waals surface area contributed by atoms with Crippen molar-refractivity contribution in [2.45, 2.75) is 32.2 Å². The number of piperidine rings is 1. The second-order valence-electron chi connectivity index (χ2n) is 5.22. The summed E-state index contributed by atoms with van der Waals surface area (Å²) in [5, 5.41) is 12.1. The van der Waals surface area contributed by atoms with E-state index in [0.29, 0.717) is 31.7 Å². The van der Waals surface area contributed by atoms with Crippen molar-refractivity contribution in [1.82, 2.24) is 10.2 Å². The van der Waals surface area contributed by atoms with E-state index in [4.69, 9.17) is 5.11 Å². The Hall–Kier alpha value is -1.10. The van der Waals surface area contributed by atoms with Gasteiger partial charge in [0, 0.05) is 19.0 Å². The van der Waals surface area contributed by atoms with Crippen molar-refractivity contribution in [2.24, 2.45) is 11.8 Å². The van der Waals surface area contributed by atoms with E-state index in [-0.39, 0.29) is 17.9 Å². The molecule has 5 heteroatoms. The van der Waals surface area contributed by atoms with Gasteiger partial charge >= 0.3 is 5.97 Å². The molecule has 0 aromatic heterocycles. The van der Waals surface area contributed by atoms with Gasteiger partial charge in [0.1, 0.15) is 0 Å². The van der Waals surface area contributed by atoms with Crippen LogP contribution in [0.4, 0.5) is 0 Å². The molecule has 2 saturated heterocycles. The number of carboxylic acids is 1. The highest BCUT2D eigenvalue weighted by molar-refractivity contribution is 5.77. The highest BCUT2D eigenvalue weighted by Crippen LogP contribution is 2.24. The van der Waals surface area contributed by atoms with Gasteiger partial charge in [0.05, 0.1) is 5.92 Å². The Morgan fingerprint density at radius 3 is 2.59 bits per heavy atom. The molecule has 2 aliphatic heterocycles. The lowest BCUT2D eigenvalue weighted by atomic mass is 9.90. The number of aliphatic carboxylic acids is 1. The fourth-order valence-electron chi connectivity index (χ4n) is 2.62. The van der Waals surface area contributed by atoms with Crippen molar-refractivity contribution in [1.29, 1.82) is 0 Å². The molecule has 2 fully saturated rings. The maximum Gasteiger partial charge on any atom is 0.306 e. The average Bonchev–Trinajstić information content (AvgIpc) is 2.22. The number of carbonyl (C=O) groups excluding carboxylic acids is 1. The first kappa shape index (κ1) is 12.4. The highest BCUT2D eigenvalue weighted by Gasteiger charge is 2.33. The van der Waals surface area contributed by atoms with Crippen LogP contribution in [0, 0.1) is 11.8 Å². The Bertz CT molecular complexity index is 315. The third-order valence-corrected chi connectivity index (χ3v) is 3.88. The molecule has 17 heavy (non-hydrogen) atoms. The van der Waals surface area contributed by atoms with Crippen LogP contribution >= 0.6 is 0 Å². The molecule has 0 radical (unpaired) electrons. The minimum absolute atomic E-state index is 0.0605. The van der Waals surface area contributed by atoms with Crippen molar-refractivity contribution < 1.29 is 14.7 Å². The van der Waals surface area contributed by atoms with E-state index < -0.39 is 5.97 Å². The molecule has 0 saturated carbocycles. The summed E-state index contributed by atoms with van der Waals surface area (Å²) in [4.78, 5) is 24.8. The van der Waals surface area contributed by atoms with Gasteiger partial charge < -0.3 is 15.3 Å². The van der Waals surface area contributed by atoms with Crippen molar-refractivity contribution in [3.63, 3.8) is 0 Å². The normalized spacial score (nSPS) is 29.8. The van der Waals surface area contributed by atoms with Gasteiger partial charge in [-0.3, -0.25) is 9.59 Å². The van der Waals surface area contributed by atoms with Gasteiger partial charge in [-0.1, -0.05) is 0 Å². The summed E-state index contributed by atoms with van der Waals surface area (Å²) in [5.74, 6) is -0.341. The number of hydrogen-bond donors (Lipinski definition) is 2. The van der Waals surface area contributed by atoms with Gasteiger partial charge in [0.25, 0.3) is 0 Å². The fraction of sp³-hybridized carbons (Fsp3) is 0.833. The number of amides is 1. The number of rotatable bonds is 3. The van der Waals surface area contributed by atoms with Crippen LogP contribution in [0.25, 0.3) is 0 Å². The van der Waals surface area contributed by atoms with Crippen LogP contribution < -0.4 is 5.32 Å². The van der Waals surface area contributed by atoms with Crippen molar-refractivity contribution in [3.8, 4) is 0 Å². The van der Waals surface area contributed by atoms with Crippen LogP contribution in [0.1, 0.15) is 26.2 Å². The molecule has 96 valence electrons. The summed E-state index contributed by atoms with van der Waals surface area (Å²) in [7, 11) is 0. The van der Waals surface area contributed by atoms with Crippen molar-refractivity contribution in [3.05, 3.63) is 0 Å². The molecule has 0 aromatic carbocycles. The summed E-state index contributed by atoms with van der Waals surface area (Å²) in [6, 6.07) is 0.0605. The molecule has 5 nitrogen and oxygen atoms in total. The predicted octanol–water partition coefficient (Wildman–Crippen LogP) is 0.308. The summed E-state index contributed by atoms with van der Waals surface area (Å²) in [6.45, 7) is 4.42. The number of nitrogens with zero attached hydrogens (tertiary/aromatic N) is 1. The first-order chi connectivity index (χ1) is 8.08. The minimum atomic E-state index is -0.729. The molecule has 2 atom stereocenters. The van der Waals surface area contributed by atoms with E-state index in [1.54, 1.807) is 0 Å². The zero-order valence-electron chi connectivity index (χ0n) is 10.2. The average molecular weight is 240 g/mol. The Kier molecular flexibility index (Phi) is 3.66. The van der Waals surface area contributed by atoms with Gasteiger partial charge in [-0.05, 0) is 38.8 Å². The Balaban J connectivity index is 1.85. The molecule has 2 heterocycles. The van der Waals surface area contributed by atoms with E-state index in [1.807, 2.05) is 11.8 Å². The monoisotopic (exact) mass is 240 g/mol. The second-order valence-corrected chi connectivity index (χ2v) is 5.22. The summed E-state index contributed by atoms with van der Waals surface area (Å²) in [6.07, 6.45) is 1.79. The molecule has 2 N–H and O–H groups in total. The molecular formula is C12H20N2O3. The Morgan fingerprint density at radius 1 is 1.41 bits per heavy atom. The second kappa shape index (κ2) is 5.04. The summed E-state index contributed by atoms with van der Waals surface area (Å²) >= 11 is 0. The first-order valence-electron chi connectivity index (χ1n) is 6.31. The van der Waals surface area contributed by atoms with E-state index in [2.05, 4.69) is 5.32 Å². The highest BCUT2D eigenvalue weighted by atomic mass is 16.4. The standard InChI is InChI=1S/C12H20N2O3/c1-8-4-10(12(16)17)2-3-14(8)11(15)5-9-6-13-7-9/h8-10,13H,2-7H2,1H3,(H,16,17). The minimum Gasteiger partial charge on any atom is -0.481 e. The number of nitrogens with one attached hydrogen (secondary N) is 1. The van der Waals surface area contributed by atoms with Crippen LogP contribution in [0.5, 0.6) is 0 Å². The third-order valence-electron chi connectivity index (χ3n) is 3.88. The fourth-order valence-corrected chi connectivity index (χ4v) is 2.62. The molecule has 0 spiro atoms. The number of carbonyl (C=O) groups is 2. The number of hydrogen-bond acceptors (Lipinski definition) is 3. The smallest absolute Gasteiger partial charge is 0.306 e. The van der Waals surface area contributed by atoms with Crippen molar-refractivity contribution in [2.75, 3.05) is 19.6 Å². The van der Waals surface area contributed by atoms with Crippen LogP contribution in [0.3, 0.4) is 0 Å². The molecule has 2 aliphatic rings. The van der Waals surface area contributed by atoms with Gasteiger partial charge in [-0.15, -0.1) is 0 Å². The molecule has 0 aromatic rings. The quantitative estimate of drug-likeness (QED) is 0.745. The summed E-state index contributed by atoms with van der Waals surface area (Å²) < 4.78 is 0. The van der Waals surface area contributed by atoms with Gasteiger partial charge in [0.2, 0.25) is 5.91 Å². The van der Waals surface area contributed by atoms with E-state index in [9.17, 15) is 9.59 Å². The van der Waals surface area contributed by atoms with Crippen molar-refractivity contribution >= 4 is 11.9 Å². The molecular weight excluding hydrogens is 220 g/mol. The van der Waals surface area contributed by atoms with Crippen LogP contribution in [-0.2, 0) is 9.59 Å². The molecule has 2 unspecified atom stereocenters. The maximum atomic E-state index is 12.0. The zero-order valence-corrected chi connectivity index (χ0v) is 10.2. The molecule has 0 aliphatic carbocycles. The lowest BCUT2D eigenvalue weighted by Crippen LogP contribution is -2.49. The van der Waals surface area contributed by atoms with E-state index >= 15 is 0 Å². The van der Waals surface area contributed by atoms with E-state index in [0.717, 1.165) is 13.1 Å². The lowest BCUT2D eigenvalue weighted by molar-refractivity contribution is -0.147. The predicted molar refractivity (Wildman–Crippen MR) is 62.5 cm³/mol. The SMILES string of the molecule is CC1CC(C(=O)O)CCN1C(=O)CC1CNC1. The molecule has 2 rings (SSSR count). The Labute approximate surface area is 101 Å². The maximum absolute atomic E-state index is 12.0. The topological polar surface area (TPSA) is 69.6 Å². The van der Waals surface area contributed by atoms with Gasteiger partial charge in [0.15, 0.2) is 0 Å². The van der Waals surface area contributed by atoms with Crippen LogP contribution in [-0.4, -0.2) is 47.6 Å². The first-order valence-corrected chi connectivity index (χ1v) is 6.31. The zero-order chi connectivity index (χ0) is 12.4. The third kappa shape index (κ3) is 2.77. The number of carboxylic acid groups (broad SMARTS) is 1. The van der Waals surface area contributed by atoms with Crippen LogP contribution in [0.15, 0.2) is 0 Å². The largest absolute Gasteiger partial charge is 0.481 e. The van der Waals surface area contributed by atoms with Gasteiger partial charge in [-0.2, -0.15) is 0 Å². The lowest BCUT2D eigenvalue weighted by Gasteiger charge is -2.38. The summed E-state index contributed by atoms with van der Waals surface area (Å²) in [5.41, 5.74) is 0. The van der Waals surface area contributed by atoms with Gasteiger partial charge in [-0.25, -0.2) is 0 Å². The molecule has 0 bridgehead atoms. The number of likely N-dealkylation sites (tertiary alicyclic amines) is 1. The Morgan fingerprint density at radius 2 is 2.12 bits per heavy atom. The van der Waals surface area contributed by atoms with Crippen LogP contribution in [0.2, 0.25) is 0 Å². The molecule has 1 amide bonds.